The highest BCUT2D eigenvalue weighted by molar-refractivity contribution is 9.10. The second kappa shape index (κ2) is 6.28. The van der Waals surface area contributed by atoms with Crippen LogP contribution in [-0.4, -0.2) is 14.5 Å². The van der Waals surface area contributed by atoms with Crippen LogP contribution >= 0.6 is 15.9 Å². The van der Waals surface area contributed by atoms with Gasteiger partial charge in [0, 0.05) is 10.5 Å². The fourth-order valence-corrected chi connectivity index (χ4v) is 6.02. The molecule has 3 unspecified atom stereocenters. The highest BCUT2D eigenvalue weighted by Gasteiger charge is 2.41. The van der Waals surface area contributed by atoms with Gasteiger partial charge in [0.2, 0.25) is 10.0 Å². The molecule has 3 atom stereocenters. The second-order valence-electron chi connectivity index (χ2n) is 6.88. The summed E-state index contributed by atoms with van der Waals surface area (Å²) < 4.78 is 29.6. The maximum absolute atomic E-state index is 12.7. The lowest BCUT2D eigenvalue weighted by Crippen LogP contribution is -2.41. The molecule has 4 rings (SSSR count). The summed E-state index contributed by atoms with van der Waals surface area (Å²) in [5.41, 5.74) is 2.73. The Kier molecular flexibility index (Phi) is 4.27. The van der Waals surface area contributed by atoms with Gasteiger partial charge in [0.15, 0.2) is 0 Å². The van der Waals surface area contributed by atoms with E-state index in [1.807, 2.05) is 6.07 Å². The van der Waals surface area contributed by atoms with Gasteiger partial charge in [-0.1, -0.05) is 40.2 Å². The molecule has 0 aromatic heterocycles. The van der Waals surface area contributed by atoms with E-state index in [0.29, 0.717) is 16.7 Å². The second-order valence-corrected chi connectivity index (χ2v) is 9.51. The lowest BCUT2D eigenvalue weighted by atomic mass is 9.94. The standard InChI is InChI=1S/C19H20BrNO2S/c20-17-9-8-13-10-14-6-7-15(11-16(13)12-17)19(14)21-24(22,23)18-4-2-1-3-5-18/h1-5,8-9,12,14-15,19,21H,6-7,10-11H2. The Hall–Kier alpha value is -1.17. The smallest absolute Gasteiger partial charge is 0.207 e. The lowest BCUT2D eigenvalue weighted by molar-refractivity contribution is 0.386. The van der Waals surface area contributed by atoms with E-state index in [0.717, 1.165) is 30.2 Å². The molecule has 1 N–H and O–H groups in total. The topological polar surface area (TPSA) is 46.2 Å². The van der Waals surface area contributed by atoms with Crippen molar-refractivity contribution in [2.45, 2.75) is 36.6 Å². The van der Waals surface area contributed by atoms with E-state index in [9.17, 15) is 8.42 Å². The molecular formula is C19H20BrNO2S. The zero-order chi connectivity index (χ0) is 16.7. The molecule has 2 aromatic carbocycles. The van der Waals surface area contributed by atoms with Gasteiger partial charge in [-0.3, -0.25) is 0 Å². The molecule has 3 nitrogen and oxygen atoms in total. The maximum Gasteiger partial charge on any atom is 0.240 e. The van der Waals surface area contributed by atoms with Crippen LogP contribution in [0.15, 0.2) is 57.9 Å². The van der Waals surface area contributed by atoms with Gasteiger partial charge in [0.05, 0.1) is 4.90 Å². The molecule has 0 heterocycles. The predicted molar refractivity (Wildman–Crippen MR) is 98.3 cm³/mol. The molecule has 0 radical (unpaired) electrons. The molecule has 0 saturated heterocycles. The van der Waals surface area contributed by atoms with Gasteiger partial charge in [0.25, 0.3) is 0 Å². The van der Waals surface area contributed by atoms with E-state index in [2.05, 4.69) is 38.9 Å². The van der Waals surface area contributed by atoms with Crippen LogP contribution in [0.3, 0.4) is 0 Å². The minimum Gasteiger partial charge on any atom is -0.207 e. The van der Waals surface area contributed by atoms with Gasteiger partial charge in [-0.25, -0.2) is 13.1 Å². The minimum atomic E-state index is -3.46. The normalized spacial score (nSPS) is 26.0. The first-order valence-corrected chi connectivity index (χ1v) is 10.7. The van der Waals surface area contributed by atoms with Crippen molar-refractivity contribution in [2.24, 2.45) is 11.8 Å². The largest absolute Gasteiger partial charge is 0.240 e. The van der Waals surface area contributed by atoms with Crippen LogP contribution in [0.2, 0.25) is 0 Å². The molecule has 2 aliphatic carbocycles. The van der Waals surface area contributed by atoms with Gasteiger partial charge in [0.1, 0.15) is 0 Å². The summed E-state index contributed by atoms with van der Waals surface area (Å²) in [5.74, 6) is 0.764. The number of hydrogen-bond donors (Lipinski definition) is 1. The van der Waals surface area contributed by atoms with Gasteiger partial charge >= 0.3 is 0 Å². The number of nitrogens with one attached hydrogen (secondary N) is 1. The third-order valence-corrected chi connectivity index (χ3v) is 7.37. The lowest BCUT2D eigenvalue weighted by Gasteiger charge is -2.23. The number of rotatable bonds is 3. The fourth-order valence-electron chi connectivity index (χ4n) is 4.22. The van der Waals surface area contributed by atoms with Crippen molar-refractivity contribution < 1.29 is 8.42 Å². The summed E-state index contributed by atoms with van der Waals surface area (Å²) in [6.45, 7) is 0. The molecule has 0 spiro atoms. The van der Waals surface area contributed by atoms with Crippen molar-refractivity contribution in [1.29, 1.82) is 0 Å². The highest BCUT2D eigenvalue weighted by atomic mass is 79.9. The Balaban J connectivity index is 1.62. The summed E-state index contributed by atoms with van der Waals surface area (Å²) in [6, 6.07) is 15.2. The molecule has 126 valence electrons. The van der Waals surface area contributed by atoms with Crippen LogP contribution in [0.25, 0.3) is 0 Å². The Bertz CT molecular complexity index is 851. The first-order valence-electron chi connectivity index (χ1n) is 8.37. The predicted octanol–water partition coefficient (Wildman–Crippen LogP) is 3.92. The molecule has 2 bridgehead atoms. The van der Waals surface area contributed by atoms with Crippen molar-refractivity contribution in [3.63, 3.8) is 0 Å². The van der Waals surface area contributed by atoms with Gasteiger partial charge in [-0.05, 0) is 72.9 Å². The molecule has 5 heteroatoms. The van der Waals surface area contributed by atoms with E-state index >= 15 is 0 Å². The molecule has 2 aliphatic rings. The number of halogens is 1. The van der Waals surface area contributed by atoms with Gasteiger partial charge < -0.3 is 0 Å². The third-order valence-electron chi connectivity index (χ3n) is 5.40. The molecule has 1 fully saturated rings. The SMILES string of the molecule is O=S(=O)(NC1C2CCC1Cc1cc(Br)ccc1C2)c1ccccc1. The number of benzene rings is 2. The highest BCUT2D eigenvalue weighted by Crippen LogP contribution is 2.41. The monoisotopic (exact) mass is 405 g/mol. The molecule has 24 heavy (non-hydrogen) atoms. The molecular weight excluding hydrogens is 386 g/mol. The van der Waals surface area contributed by atoms with Gasteiger partial charge in [-0.2, -0.15) is 0 Å². The summed E-state index contributed by atoms with van der Waals surface area (Å²) in [5, 5.41) is 0. The van der Waals surface area contributed by atoms with Crippen molar-refractivity contribution in [3.05, 3.63) is 64.1 Å². The minimum absolute atomic E-state index is 0.0291. The van der Waals surface area contributed by atoms with Crippen molar-refractivity contribution in [2.75, 3.05) is 0 Å². The number of hydrogen-bond acceptors (Lipinski definition) is 2. The van der Waals surface area contributed by atoms with Crippen LogP contribution in [-0.2, 0) is 22.9 Å². The van der Waals surface area contributed by atoms with Crippen LogP contribution in [0, 0.1) is 11.8 Å². The third kappa shape index (κ3) is 3.05. The Labute approximate surface area is 151 Å². The summed E-state index contributed by atoms with van der Waals surface area (Å²) in [7, 11) is -3.46. The number of fused-ring (bicyclic) bond motifs is 3. The van der Waals surface area contributed by atoms with E-state index < -0.39 is 10.0 Å². The fraction of sp³-hybridized carbons (Fsp3) is 0.368. The van der Waals surface area contributed by atoms with Crippen molar-refractivity contribution in [1.82, 2.24) is 4.72 Å². The van der Waals surface area contributed by atoms with E-state index in [4.69, 9.17) is 0 Å². The van der Waals surface area contributed by atoms with E-state index in [-0.39, 0.29) is 6.04 Å². The van der Waals surface area contributed by atoms with Crippen LogP contribution in [0.5, 0.6) is 0 Å². The molecule has 2 aromatic rings. The Morgan fingerprint density at radius 2 is 1.58 bits per heavy atom. The molecule has 1 saturated carbocycles. The van der Waals surface area contributed by atoms with E-state index in [1.165, 1.54) is 11.1 Å². The Morgan fingerprint density at radius 1 is 0.917 bits per heavy atom. The summed E-state index contributed by atoms with van der Waals surface area (Å²) >= 11 is 3.55. The zero-order valence-corrected chi connectivity index (χ0v) is 15.7. The first kappa shape index (κ1) is 16.3. The summed E-state index contributed by atoms with van der Waals surface area (Å²) in [4.78, 5) is 0.355. The average molecular weight is 406 g/mol. The first-order chi connectivity index (χ1) is 11.5. The maximum atomic E-state index is 12.7. The van der Waals surface area contributed by atoms with Crippen molar-refractivity contribution in [3.8, 4) is 0 Å². The van der Waals surface area contributed by atoms with Gasteiger partial charge in [-0.15, -0.1) is 0 Å². The summed E-state index contributed by atoms with van der Waals surface area (Å²) in [6.07, 6.45) is 4.11. The molecule has 0 amide bonds. The average Bonchev–Trinajstić information content (AvgIpc) is 2.83. The van der Waals surface area contributed by atoms with Crippen molar-refractivity contribution >= 4 is 26.0 Å². The number of sulfonamides is 1. The molecule has 0 aliphatic heterocycles. The van der Waals surface area contributed by atoms with Crippen LogP contribution < -0.4 is 4.72 Å². The Morgan fingerprint density at radius 3 is 2.29 bits per heavy atom. The van der Waals surface area contributed by atoms with E-state index in [1.54, 1.807) is 24.3 Å². The quantitative estimate of drug-likeness (QED) is 0.840. The van der Waals surface area contributed by atoms with Crippen LogP contribution in [0.1, 0.15) is 24.0 Å². The van der Waals surface area contributed by atoms with Crippen LogP contribution in [0.4, 0.5) is 0 Å². The zero-order valence-electron chi connectivity index (χ0n) is 13.3.